The number of amides is 1. The topological polar surface area (TPSA) is 66.9 Å². The maximum atomic E-state index is 11.7. The van der Waals surface area contributed by atoms with Crippen molar-refractivity contribution in [3.05, 3.63) is 5.82 Å². The van der Waals surface area contributed by atoms with Crippen molar-refractivity contribution in [3.63, 3.8) is 0 Å². The standard InChI is InChI=1S/C11H18N4OS/c1-3-4-9-14-11(17-15-9)12-7(2)10(16)13-8-5-6-8/h7-8H,3-6H2,1-2H3,(H,13,16)(H,12,14,15). The normalized spacial score (nSPS) is 16.6. The predicted molar refractivity (Wildman–Crippen MR) is 68.2 cm³/mol. The van der Waals surface area contributed by atoms with Gasteiger partial charge in [0.2, 0.25) is 11.0 Å². The predicted octanol–water partition coefficient (Wildman–Crippen LogP) is 1.57. The maximum absolute atomic E-state index is 11.7. The lowest BCUT2D eigenvalue weighted by atomic mass is 10.3. The molecule has 1 aromatic rings. The molecule has 0 saturated heterocycles. The van der Waals surface area contributed by atoms with Gasteiger partial charge < -0.3 is 10.6 Å². The van der Waals surface area contributed by atoms with Crippen molar-refractivity contribution in [2.45, 2.75) is 51.6 Å². The van der Waals surface area contributed by atoms with Gasteiger partial charge in [-0.15, -0.1) is 0 Å². The van der Waals surface area contributed by atoms with Gasteiger partial charge in [0.1, 0.15) is 11.9 Å². The third-order valence-corrected chi connectivity index (χ3v) is 3.28. The van der Waals surface area contributed by atoms with Crippen LogP contribution in [0.3, 0.4) is 0 Å². The number of hydrogen-bond donors (Lipinski definition) is 2. The molecule has 2 N–H and O–H groups in total. The minimum atomic E-state index is -0.252. The van der Waals surface area contributed by atoms with Gasteiger partial charge in [0, 0.05) is 24.0 Å². The Morgan fingerprint density at radius 1 is 1.59 bits per heavy atom. The quantitative estimate of drug-likeness (QED) is 0.808. The molecule has 5 nitrogen and oxygen atoms in total. The van der Waals surface area contributed by atoms with Crippen molar-refractivity contribution >= 4 is 22.6 Å². The van der Waals surface area contributed by atoms with Crippen molar-refractivity contribution in [3.8, 4) is 0 Å². The van der Waals surface area contributed by atoms with E-state index in [4.69, 9.17) is 0 Å². The monoisotopic (exact) mass is 254 g/mol. The van der Waals surface area contributed by atoms with Gasteiger partial charge in [-0.2, -0.15) is 4.37 Å². The van der Waals surface area contributed by atoms with E-state index in [-0.39, 0.29) is 11.9 Å². The highest BCUT2D eigenvalue weighted by atomic mass is 32.1. The van der Waals surface area contributed by atoms with E-state index in [9.17, 15) is 4.79 Å². The van der Waals surface area contributed by atoms with Crippen LogP contribution in [0, 0.1) is 0 Å². The van der Waals surface area contributed by atoms with Crippen LogP contribution in [0.15, 0.2) is 0 Å². The summed E-state index contributed by atoms with van der Waals surface area (Å²) in [5, 5.41) is 6.78. The highest BCUT2D eigenvalue weighted by Crippen LogP contribution is 2.19. The van der Waals surface area contributed by atoms with E-state index in [1.165, 1.54) is 11.5 Å². The minimum Gasteiger partial charge on any atom is -0.352 e. The zero-order chi connectivity index (χ0) is 12.3. The van der Waals surface area contributed by atoms with Crippen LogP contribution in [-0.2, 0) is 11.2 Å². The minimum absolute atomic E-state index is 0.0414. The van der Waals surface area contributed by atoms with Crippen LogP contribution < -0.4 is 10.6 Å². The SMILES string of the molecule is CCCc1nsc(NC(C)C(=O)NC2CC2)n1. The van der Waals surface area contributed by atoms with Crippen molar-refractivity contribution < 1.29 is 4.79 Å². The second-order valence-electron chi connectivity index (χ2n) is 4.41. The Kier molecular flexibility index (Phi) is 3.93. The van der Waals surface area contributed by atoms with E-state index in [0.29, 0.717) is 6.04 Å². The second-order valence-corrected chi connectivity index (χ2v) is 5.17. The third-order valence-electron chi connectivity index (χ3n) is 2.60. The zero-order valence-corrected chi connectivity index (χ0v) is 11.0. The largest absolute Gasteiger partial charge is 0.352 e. The molecule has 0 aliphatic heterocycles. The van der Waals surface area contributed by atoms with Gasteiger partial charge in [0.15, 0.2) is 0 Å². The molecule has 2 rings (SSSR count). The number of aryl methyl sites for hydroxylation is 1. The molecule has 1 amide bonds. The van der Waals surface area contributed by atoms with Gasteiger partial charge in [0.25, 0.3) is 0 Å². The van der Waals surface area contributed by atoms with Crippen LogP contribution in [0.5, 0.6) is 0 Å². The summed E-state index contributed by atoms with van der Waals surface area (Å²) >= 11 is 1.32. The molecule has 1 aliphatic rings. The molecule has 94 valence electrons. The number of nitrogens with zero attached hydrogens (tertiary/aromatic N) is 2. The number of carbonyl (C=O) groups is 1. The summed E-state index contributed by atoms with van der Waals surface area (Å²) in [4.78, 5) is 16.0. The van der Waals surface area contributed by atoms with Gasteiger partial charge in [-0.1, -0.05) is 6.92 Å². The number of anilines is 1. The van der Waals surface area contributed by atoms with Crippen molar-refractivity contribution in [1.29, 1.82) is 0 Å². The van der Waals surface area contributed by atoms with Crippen LogP contribution in [0.25, 0.3) is 0 Å². The lowest BCUT2D eigenvalue weighted by Gasteiger charge is -2.12. The number of carbonyl (C=O) groups excluding carboxylic acids is 1. The first-order valence-electron chi connectivity index (χ1n) is 6.08. The van der Waals surface area contributed by atoms with E-state index in [1.807, 2.05) is 6.92 Å². The molecule has 1 aromatic heterocycles. The number of aromatic nitrogens is 2. The summed E-state index contributed by atoms with van der Waals surface area (Å²) in [7, 11) is 0. The van der Waals surface area contributed by atoms with Crippen LogP contribution >= 0.6 is 11.5 Å². The van der Waals surface area contributed by atoms with Crippen LogP contribution in [0.1, 0.15) is 38.9 Å². The summed E-state index contributed by atoms with van der Waals surface area (Å²) in [6.45, 7) is 3.94. The van der Waals surface area contributed by atoms with Crippen molar-refractivity contribution in [1.82, 2.24) is 14.7 Å². The summed E-state index contributed by atoms with van der Waals surface area (Å²) in [5.41, 5.74) is 0. The number of nitrogens with one attached hydrogen (secondary N) is 2. The fourth-order valence-corrected chi connectivity index (χ4v) is 2.14. The van der Waals surface area contributed by atoms with Gasteiger partial charge in [-0.05, 0) is 26.2 Å². The average Bonchev–Trinajstić information content (AvgIpc) is 3.00. The lowest BCUT2D eigenvalue weighted by molar-refractivity contribution is -0.121. The Balaban J connectivity index is 1.83. The molecule has 1 aliphatic carbocycles. The molecule has 1 unspecified atom stereocenters. The van der Waals surface area contributed by atoms with E-state index in [2.05, 4.69) is 26.9 Å². The van der Waals surface area contributed by atoms with Crippen molar-refractivity contribution in [2.24, 2.45) is 0 Å². The van der Waals surface area contributed by atoms with Gasteiger partial charge >= 0.3 is 0 Å². The van der Waals surface area contributed by atoms with Crippen LogP contribution in [-0.4, -0.2) is 27.3 Å². The molecule has 0 spiro atoms. The molecular formula is C11H18N4OS. The van der Waals surface area contributed by atoms with E-state index < -0.39 is 0 Å². The molecule has 1 saturated carbocycles. The first-order valence-corrected chi connectivity index (χ1v) is 6.86. The summed E-state index contributed by atoms with van der Waals surface area (Å²) < 4.78 is 4.23. The molecule has 1 fully saturated rings. The number of rotatable bonds is 6. The second kappa shape index (κ2) is 5.44. The Hall–Kier alpha value is -1.17. The lowest BCUT2D eigenvalue weighted by Crippen LogP contribution is -2.38. The van der Waals surface area contributed by atoms with E-state index >= 15 is 0 Å². The molecule has 17 heavy (non-hydrogen) atoms. The van der Waals surface area contributed by atoms with Crippen LogP contribution in [0.2, 0.25) is 0 Å². The van der Waals surface area contributed by atoms with Crippen LogP contribution in [0.4, 0.5) is 5.13 Å². The fraction of sp³-hybridized carbons (Fsp3) is 0.727. The molecule has 0 radical (unpaired) electrons. The first kappa shape index (κ1) is 12.3. The summed E-state index contributed by atoms with van der Waals surface area (Å²) in [6.07, 6.45) is 4.14. The highest BCUT2D eigenvalue weighted by molar-refractivity contribution is 7.09. The molecule has 0 aromatic carbocycles. The summed E-state index contributed by atoms with van der Waals surface area (Å²) in [5.74, 6) is 0.898. The van der Waals surface area contributed by atoms with Crippen molar-refractivity contribution in [2.75, 3.05) is 5.32 Å². The zero-order valence-electron chi connectivity index (χ0n) is 10.2. The first-order chi connectivity index (χ1) is 8.19. The Labute approximate surface area is 105 Å². The van der Waals surface area contributed by atoms with Gasteiger partial charge in [-0.3, -0.25) is 4.79 Å². The molecule has 1 atom stereocenters. The Morgan fingerprint density at radius 3 is 3.00 bits per heavy atom. The van der Waals surface area contributed by atoms with E-state index in [0.717, 1.165) is 36.6 Å². The van der Waals surface area contributed by atoms with Gasteiger partial charge in [0.05, 0.1) is 0 Å². The van der Waals surface area contributed by atoms with Gasteiger partial charge in [-0.25, -0.2) is 4.98 Å². The van der Waals surface area contributed by atoms with E-state index in [1.54, 1.807) is 0 Å². The number of hydrogen-bond acceptors (Lipinski definition) is 5. The third kappa shape index (κ3) is 3.66. The maximum Gasteiger partial charge on any atom is 0.242 e. The fourth-order valence-electron chi connectivity index (χ4n) is 1.44. The smallest absolute Gasteiger partial charge is 0.242 e. The summed E-state index contributed by atoms with van der Waals surface area (Å²) in [6, 6.07) is 0.148. The highest BCUT2D eigenvalue weighted by Gasteiger charge is 2.25. The Bertz CT molecular complexity index is 389. The Morgan fingerprint density at radius 2 is 2.35 bits per heavy atom. The average molecular weight is 254 g/mol. The molecule has 0 bridgehead atoms. The molecule has 1 heterocycles. The molecular weight excluding hydrogens is 236 g/mol. The molecule has 6 heteroatoms.